The van der Waals surface area contributed by atoms with Crippen LogP contribution in [-0.2, 0) is 20.1 Å². The van der Waals surface area contributed by atoms with Gasteiger partial charge in [-0.05, 0) is 0 Å². The van der Waals surface area contributed by atoms with Crippen LogP contribution in [0.25, 0.3) is 0 Å². The van der Waals surface area contributed by atoms with Gasteiger partial charge in [0.15, 0.2) is 0 Å². The fourth-order valence-electron chi connectivity index (χ4n) is 0.644. The molecule has 0 saturated heterocycles. The maximum atomic E-state index is 12.4. The van der Waals surface area contributed by atoms with Gasteiger partial charge in [-0.3, -0.25) is 0 Å². The molecule has 0 radical (unpaired) electrons. The molecule has 0 fully saturated rings. The monoisotopic (exact) mass is 381 g/mol. The third-order valence-corrected chi connectivity index (χ3v) is 34.4. The van der Waals surface area contributed by atoms with Gasteiger partial charge < -0.3 is 0 Å². The molecule has 0 rings (SSSR count). The summed E-state index contributed by atoms with van der Waals surface area (Å²) < 4.78 is 112. The van der Waals surface area contributed by atoms with Crippen molar-refractivity contribution in [1.82, 2.24) is 0 Å². The number of rotatable bonds is 5. The van der Waals surface area contributed by atoms with E-state index in [9.17, 15) is 47.4 Å². The Hall–Kier alpha value is 0.519. The van der Waals surface area contributed by atoms with E-state index in [1.54, 1.807) is 0 Å². The first-order chi connectivity index (χ1) is 7.22. The van der Waals surface area contributed by atoms with E-state index in [1.165, 1.54) is 0 Å². The molecule has 0 atom stereocenters. The van der Waals surface area contributed by atoms with E-state index in [4.69, 9.17) is 0 Å². The molecule has 0 unspecified atom stereocenters. The summed E-state index contributed by atoms with van der Waals surface area (Å²) in [7, 11) is -8.99. The van der Waals surface area contributed by atoms with Crippen LogP contribution >= 0.6 is 20.7 Å². The maximum absolute atomic E-state index is 12.4. The van der Waals surface area contributed by atoms with E-state index in [-0.39, 0.29) is 0 Å². The minimum atomic E-state index is -8.99. The molecule has 0 amide bonds. The topological polar surface area (TPSA) is 34.1 Å². The zero-order chi connectivity index (χ0) is 14.4. The number of halogens is 9. The fraction of sp³-hybridized carbons (Fsp3) is 0. The first-order valence-corrected chi connectivity index (χ1v) is 13.8. The van der Waals surface area contributed by atoms with E-state index in [1.807, 2.05) is 0 Å². The van der Waals surface area contributed by atoms with Crippen LogP contribution in [0.2, 0.25) is 0 Å². The number of carbonyl (C=O) groups excluding carboxylic acids is 2. The summed E-state index contributed by atoms with van der Waals surface area (Å²) in [6.45, 7) is -25.7. The Balaban J connectivity index is 6.79. The van der Waals surface area contributed by atoms with Crippen LogP contribution in [0, 0.1) is 0 Å². The molecule has 0 aliphatic heterocycles. The van der Waals surface area contributed by atoms with Crippen molar-refractivity contribution in [1.29, 1.82) is 0 Å². The molecule has 0 aromatic heterocycles. The van der Waals surface area contributed by atoms with Crippen LogP contribution in [0.4, 0.5) is 37.8 Å². The van der Waals surface area contributed by atoms with E-state index in [0.29, 0.717) is 0 Å². The molecule has 0 aromatic rings. The van der Waals surface area contributed by atoms with Crippen molar-refractivity contribution in [2.24, 2.45) is 0 Å². The van der Waals surface area contributed by atoms with Crippen molar-refractivity contribution in [3.63, 3.8) is 0 Å². The third-order valence-electron chi connectivity index (χ3n) is 1.64. The molecule has 0 N–H and O–H groups in total. The molecule has 17 heavy (non-hydrogen) atoms. The van der Waals surface area contributed by atoms with Gasteiger partial charge in [0.05, 0.1) is 0 Å². The van der Waals surface area contributed by atoms with Gasteiger partial charge in [-0.25, -0.2) is 0 Å². The van der Waals surface area contributed by atoms with Crippen molar-refractivity contribution in [2.75, 3.05) is 0 Å². The Kier molecular flexibility index (Phi) is 4.40. The molecule has 2 nitrogen and oxygen atoms in total. The number of hydrogen-bond donors (Lipinski definition) is 0. The predicted octanol–water partition coefficient (Wildman–Crippen LogP) is 5.01. The minimum absolute atomic E-state index is 2.15. The van der Waals surface area contributed by atoms with Crippen molar-refractivity contribution in [3.8, 4) is 0 Å². The van der Waals surface area contributed by atoms with Crippen molar-refractivity contribution >= 4 is 31.0 Å². The Labute approximate surface area is 89.4 Å². The standard InChI is InChI=1S/2CHO.3F3HP.Fe/c2*1-2;3*1-4(2)3;/h2*1H;3*4H;/q;;3*+1;-3. The van der Waals surface area contributed by atoms with Crippen molar-refractivity contribution in [2.45, 2.75) is 0 Å². The SMILES string of the molecule is O=[CH][Fe]([CH]=O)([PH](F)(F)F)([PH](F)(F)F)[PH](F)(F)F. The zero-order valence-electron chi connectivity index (χ0n) is 7.23. The zero-order valence-corrected chi connectivity index (χ0v) is 11.3. The molecule has 0 aliphatic carbocycles. The predicted molar refractivity (Wildman–Crippen MR) is 48.4 cm³/mol. The summed E-state index contributed by atoms with van der Waals surface area (Å²) in [5.41, 5.74) is 0. The van der Waals surface area contributed by atoms with E-state index in [0.717, 1.165) is 0 Å². The summed E-state index contributed by atoms with van der Waals surface area (Å²) >= 11 is 0. The summed E-state index contributed by atoms with van der Waals surface area (Å²) in [6.07, 6.45) is 0. The van der Waals surface area contributed by atoms with Crippen LogP contribution in [0.1, 0.15) is 0 Å². The average Bonchev–Trinajstić information content (AvgIpc) is 1.99. The second kappa shape index (κ2) is 4.27. The molecule has 0 aliphatic rings. The Morgan fingerprint density at radius 2 is 0.765 bits per heavy atom. The van der Waals surface area contributed by atoms with Gasteiger partial charge in [-0.15, -0.1) is 0 Å². The molecule has 0 aromatic carbocycles. The summed E-state index contributed by atoms with van der Waals surface area (Å²) in [5.74, 6) is 0. The molecular formula is C2H5F9FeO2P3. The molecular weight excluding hydrogens is 376 g/mol. The molecule has 111 valence electrons. The Morgan fingerprint density at radius 1 is 0.588 bits per heavy atom. The Morgan fingerprint density at radius 3 is 0.765 bits per heavy atom. The number of carbonyl (C=O) groups is 2. The van der Waals surface area contributed by atoms with Crippen LogP contribution < -0.4 is 0 Å². The number of hydrogen-bond acceptors (Lipinski definition) is 2. The first kappa shape index (κ1) is 17.5. The van der Waals surface area contributed by atoms with Crippen LogP contribution in [0.15, 0.2) is 0 Å². The molecule has 15 heteroatoms. The third kappa shape index (κ3) is 1.76. The quantitative estimate of drug-likeness (QED) is 0.291. The van der Waals surface area contributed by atoms with Crippen LogP contribution in [0.5, 0.6) is 0 Å². The Bertz CT molecular complexity index is 291. The van der Waals surface area contributed by atoms with Gasteiger partial charge in [0, 0.05) is 0 Å². The van der Waals surface area contributed by atoms with Gasteiger partial charge in [-0.2, -0.15) is 0 Å². The molecule has 0 heterocycles. The van der Waals surface area contributed by atoms with Gasteiger partial charge >= 0.3 is 88.8 Å². The molecule has 0 saturated carbocycles. The normalized spacial score (nSPS) is 19.9. The van der Waals surface area contributed by atoms with E-state index in [2.05, 4.69) is 0 Å². The van der Waals surface area contributed by atoms with Crippen molar-refractivity contribution < 1.29 is 57.8 Å². The van der Waals surface area contributed by atoms with Crippen LogP contribution in [0.3, 0.4) is 0 Å². The summed E-state index contributed by atoms with van der Waals surface area (Å²) in [4.78, 5) is 20.2. The first-order valence-electron chi connectivity index (χ1n) is 3.11. The average molecular weight is 381 g/mol. The van der Waals surface area contributed by atoms with Gasteiger partial charge in [0.25, 0.3) is 0 Å². The summed E-state index contributed by atoms with van der Waals surface area (Å²) in [5, 5.41) is -4.30. The van der Waals surface area contributed by atoms with Crippen LogP contribution in [-0.4, -0.2) is 10.4 Å². The molecule has 0 bridgehead atoms. The van der Waals surface area contributed by atoms with E-state index >= 15 is 0 Å². The van der Waals surface area contributed by atoms with Gasteiger partial charge in [0.2, 0.25) is 0 Å². The summed E-state index contributed by atoms with van der Waals surface area (Å²) in [6, 6.07) is 0. The van der Waals surface area contributed by atoms with Gasteiger partial charge in [0.1, 0.15) is 0 Å². The van der Waals surface area contributed by atoms with Crippen molar-refractivity contribution in [3.05, 3.63) is 0 Å². The molecule has 0 spiro atoms. The fourth-order valence-corrected chi connectivity index (χ4v) is 16.2. The second-order valence-corrected chi connectivity index (χ2v) is 28.0. The van der Waals surface area contributed by atoms with Gasteiger partial charge in [-0.1, -0.05) is 0 Å². The second-order valence-electron chi connectivity index (χ2n) is 2.41. The van der Waals surface area contributed by atoms with E-state index < -0.39 is 41.5 Å².